The van der Waals surface area contributed by atoms with Gasteiger partial charge >= 0.3 is 0 Å². The van der Waals surface area contributed by atoms with Gasteiger partial charge in [-0.25, -0.2) is 9.97 Å². The molecule has 1 fully saturated rings. The maximum Gasteiger partial charge on any atom is 0.182 e. The molecule has 19 heavy (non-hydrogen) atoms. The van der Waals surface area contributed by atoms with Gasteiger partial charge in [0.25, 0.3) is 0 Å². The van der Waals surface area contributed by atoms with Gasteiger partial charge in [-0.1, -0.05) is 13.8 Å². The minimum absolute atomic E-state index is 0.367. The fourth-order valence-corrected chi connectivity index (χ4v) is 2.61. The molecule has 0 amide bonds. The van der Waals surface area contributed by atoms with Crippen molar-refractivity contribution in [1.29, 1.82) is 5.26 Å². The molecule has 1 saturated heterocycles. The molecule has 0 radical (unpaired) electrons. The Hall–Kier alpha value is -1.67. The second-order valence-electron chi connectivity index (χ2n) is 5.30. The minimum Gasteiger partial charge on any atom is -0.366 e. The van der Waals surface area contributed by atoms with E-state index in [0.29, 0.717) is 23.5 Å². The van der Waals surface area contributed by atoms with E-state index in [4.69, 9.17) is 5.26 Å². The van der Waals surface area contributed by atoms with Crippen molar-refractivity contribution in [2.45, 2.75) is 32.7 Å². The molecule has 1 aromatic heterocycles. The van der Waals surface area contributed by atoms with E-state index in [1.807, 2.05) is 0 Å². The van der Waals surface area contributed by atoms with E-state index >= 15 is 0 Å². The normalized spacial score (nSPS) is 17.4. The number of likely N-dealkylation sites (tertiary alicyclic amines) is 1. The standard InChI is InChI=1S/C14H21N5/c1-11(2)13(19-7-3-4-8-19)10-18-14-12(9-15)16-5-6-17-14/h5-6,11,13H,3-4,7-8,10H2,1-2H3,(H,17,18). The molecule has 5 nitrogen and oxygen atoms in total. The summed E-state index contributed by atoms with van der Waals surface area (Å²) in [5, 5.41) is 12.3. The molecular weight excluding hydrogens is 238 g/mol. The number of hydrogen-bond acceptors (Lipinski definition) is 5. The minimum atomic E-state index is 0.367. The van der Waals surface area contributed by atoms with Crippen molar-refractivity contribution in [3.05, 3.63) is 18.1 Å². The first kappa shape index (κ1) is 13.8. The topological polar surface area (TPSA) is 64.8 Å². The molecule has 1 unspecified atom stereocenters. The van der Waals surface area contributed by atoms with Gasteiger partial charge in [-0.3, -0.25) is 4.90 Å². The third-order valence-electron chi connectivity index (χ3n) is 3.66. The van der Waals surface area contributed by atoms with E-state index in [2.05, 4.69) is 40.1 Å². The number of nitrogens with zero attached hydrogens (tertiary/aromatic N) is 4. The van der Waals surface area contributed by atoms with E-state index in [0.717, 1.165) is 6.54 Å². The summed E-state index contributed by atoms with van der Waals surface area (Å²) in [4.78, 5) is 10.7. The Morgan fingerprint density at radius 1 is 1.32 bits per heavy atom. The summed E-state index contributed by atoms with van der Waals surface area (Å²) < 4.78 is 0. The highest BCUT2D eigenvalue weighted by atomic mass is 15.2. The van der Waals surface area contributed by atoms with Gasteiger partial charge in [-0.05, 0) is 31.8 Å². The number of anilines is 1. The number of nitriles is 1. The summed E-state index contributed by atoms with van der Waals surface area (Å²) in [6, 6.07) is 2.55. The lowest BCUT2D eigenvalue weighted by atomic mass is 10.0. The van der Waals surface area contributed by atoms with E-state index in [-0.39, 0.29) is 0 Å². The van der Waals surface area contributed by atoms with Gasteiger partial charge < -0.3 is 5.32 Å². The Morgan fingerprint density at radius 2 is 2.00 bits per heavy atom. The van der Waals surface area contributed by atoms with E-state index in [1.165, 1.54) is 25.9 Å². The lowest BCUT2D eigenvalue weighted by Crippen LogP contribution is -2.42. The van der Waals surface area contributed by atoms with Crippen molar-refractivity contribution in [2.75, 3.05) is 25.0 Å². The first-order chi connectivity index (χ1) is 9.22. The highest BCUT2D eigenvalue weighted by Crippen LogP contribution is 2.18. The molecule has 0 aromatic carbocycles. The van der Waals surface area contributed by atoms with Crippen LogP contribution in [0.4, 0.5) is 5.82 Å². The highest BCUT2D eigenvalue weighted by molar-refractivity contribution is 5.46. The Bertz CT molecular complexity index is 445. The lowest BCUT2D eigenvalue weighted by molar-refractivity contribution is 0.201. The maximum atomic E-state index is 9.00. The molecular formula is C14H21N5. The van der Waals surface area contributed by atoms with Crippen molar-refractivity contribution in [1.82, 2.24) is 14.9 Å². The van der Waals surface area contributed by atoms with E-state index in [9.17, 15) is 0 Å². The van der Waals surface area contributed by atoms with E-state index < -0.39 is 0 Å². The molecule has 2 heterocycles. The maximum absolute atomic E-state index is 9.00. The summed E-state index contributed by atoms with van der Waals surface area (Å²) in [5.74, 6) is 1.17. The zero-order valence-corrected chi connectivity index (χ0v) is 11.6. The number of hydrogen-bond donors (Lipinski definition) is 1. The van der Waals surface area contributed by atoms with Crippen LogP contribution in [0.25, 0.3) is 0 Å². The molecule has 5 heteroatoms. The Morgan fingerprint density at radius 3 is 2.63 bits per heavy atom. The largest absolute Gasteiger partial charge is 0.366 e. The van der Waals surface area contributed by atoms with Gasteiger partial charge in [0.15, 0.2) is 11.5 Å². The van der Waals surface area contributed by atoms with Crippen molar-refractivity contribution in [3.63, 3.8) is 0 Å². The lowest BCUT2D eigenvalue weighted by Gasteiger charge is -2.31. The monoisotopic (exact) mass is 259 g/mol. The molecule has 0 saturated carbocycles. The summed E-state index contributed by atoms with van der Waals surface area (Å²) in [6.07, 6.45) is 5.74. The molecule has 102 valence electrons. The molecule has 0 aliphatic carbocycles. The van der Waals surface area contributed by atoms with Crippen molar-refractivity contribution < 1.29 is 0 Å². The van der Waals surface area contributed by atoms with E-state index in [1.54, 1.807) is 12.4 Å². The second-order valence-corrected chi connectivity index (χ2v) is 5.30. The zero-order valence-electron chi connectivity index (χ0n) is 11.6. The van der Waals surface area contributed by atoms with Crippen LogP contribution in [0.1, 0.15) is 32.4 Å². The van der Waals surface area contributed by atoms with Gasteiger partial charge in [-0.2, -0.15) is 5.26 Å². The number of aromatic nitrogens is 2. The van der Waals surface area contributed by atoms with Crippen LogP contribution in [0.3, 0.4) is 0 Å². The fourth-order valence-electron chi connectivity index (χ4n) is 2.61. The van der Waals surface area contributed by atoms with Gasteiger partial charge in [0.1, 0.15) is 6.07 Å². The van der Waals surface area contributed by atoms with Crippen LogP contribution in [0.5, 0.6) is 0 Å². The highest BCUT2D eigenvalue weighted by Gasteiger charge is 2.24. The third-order valence-corrected chi connectivity index (χ3v) is 3.66. The fraction of sp³-hybridized carbons (Fsp3) is 0.643. The van der Waals surface area contributed by atoms with Crippen molar-refractivity contribution in [3.8, 4) is 6.07 Å². The van der Waals surface area contributed by atoms with Crippen LogP contribution in [0.2, 0.25) is 0 Å². The van der Waals surface area contributed by atoms with Gasteiger partial charge in [0.2, 0.25) is 0 Å². The van der Waals surface area contributed by atoms with Gasteiger partial charge in [0, 0.05) is 25.0 Å². The third kappa shape index (κ3) is 3.42. The molecule has 2 rings (SSSR count). The molecule has 1 aliphatic heterocycles. The smallest absolute Gasteiger partial charge is 0.182 e. The van der Waals surface area contributed by atoms with Gasteiger partial charge in [0.05, 0.1) is 0 Å². The average molecular weight is 259 g/mol. The van der Waals surface area contributed by atoms with Crippen molar-refractivity contribution in [2.24, 2.45) is 5.92 Å². The predicted molar refractivity (Wildman–Crippen MR) is 74.7 cm³/mol. The molecule has 1 aliphatic rings. The van der Waals surface area contributed by atoms with Crippen LogP contribution in [0, 0.1) is 17.2 Å². The molecule has 1 aromatic rings. The quantitative estimate of drug-likeness (QED) is 0.874. The zero-order chi connectivity index (χ0) is 13.7. The summed E-state index contributed by atoms with van der Waals surface area (Å²) in [5.41, 5.74) is 0.367. The van der Waals surface area contributed by atoms with Gasteiger partial charge in [-0.15, -0.1) is 0 Å². The Labute approximate surface area is 114 Å². The number of rotatable bonds is 5. The summed E-state index contributed by atoms with van der Waals surface area (Å²) in [6.45, 7) is 7.65. The second kappa shape index (κ2) is 6.48. The Balaban J connectivity index is 2.00. The Kier molecular flexibility index (Phi) is 4.69. The average Bonchev–Trinajstić information content (AvgIpc) is 2.93. The number of nitrogens with one attached hydrogen (secondary N) is 1. The predicted octanol–water partition coefficient (Wildman–Crippen LogP) is 1.88. The molecule has 0 spiro atoms. The van der Waals surface area contributed by atoms with Crippen LogP contribution in [-0.2, 0) is 0 Å². The van der Waals surface area contributed by atoms with Crippen LogP contribution < -0.4 is 5.32 Å². The van der Waals surface area contributed by atoms with Crippen LogP contribution in [-0.4, -0.2) is 40.5 Å². The van der Waals surface area contributed by atoms with Crippen molar-refractivity contribution >= 4 is 5.82 Å². The first-order valence-corrected chi connectivity index (χ1v) is 6.91. The SMILES string of the molecule is CC(C)C(CNc1nccnc1C#N)N1CCCC1. The summed E-state index contributed by atoms with van der Waals surface area (Å²) >= 11 is 0. The van der Waals surface area contributed by atoms with Crippen LogP contribution >= 0.6 is 0 Å². The first-order valence-electron chi connectivity index (χ1n) is 6.91. The molecule has 1 atom stereocenters. The molecule has 0 bridgehead atoms. The molecule has 1 N–H and O–H groups in total. The van der Waals surface area contributed by atoms with Crippen LogP contribution in [0.15, 0.2) is 12.4 Å². The summed E-state index contributed by atoms with van der Waals surface area (Å²) in [7, 11) is 0.